The van der Waals surface area contributed by atoms with Crippen LogP contribution in [0, 0.1) is 11.8 Å². The maximum atomic E-state index is 13.2. The van der Waals surface area contributed by atoms with Crippen molar-refractivity contribution >= 4 is 0 Å². The lowest BCUT2D eigenvalue weighted by Crippen LogP contribution is -2.16. The fourth-order valence-corrected chi connectivity index (χ4v) is 1.60. The van der Waals surface area contributed by atoms with Crippen LogP contribution in [0.5, 0.6) is 0 Å². The summed E-state index contributed by atoms with van der Waals surface area (Å²) in [5.74, 6) is -1.05. The van der Waals surface area contributed by atoms with Crippen molar-refractivity contribution in [2.45, 2.75) is 18.9 Å². The van der Waals surface area contributed by atoms with Crippen molar-refractivity contribution in [3.05, 3.63) is 29.6 Å². The molecule has 1 unspecified atom stereocenters. The lowest BCUT2D eigenvalue weighted by Gasteiger charge is -2.09. The summed E-state index contributed by atoms with van der Waals surface area (Å²) in [5.41, 5.74) is 0.206. The molecule has 0 aliphatic carbocycles. The summed E-state index contributed by atoms with van der Waals surface area (Å²) < 4.78 is 25.8. The summed E-state index contributed by atoms with van der Waals surface area (Å²) in [7, 11) is 0. The van der Waals surface area contributed by atoms with Crippen LogP contribution in [0.25, 0.3) is 0 Å². The maximum Gasteiger partial charge on any atom is 0.213 e. The molecular formula is C9H10F2N2. The number of rotatable bonds is 1. The van der Waals surface area contributed by atoms with Gasteiger partial charge in [-0.1, -0.05) is 0 Å². The van der Waals surface area contributed by atoms with Gasteiger partial charge in [0.15, 0.2) is 0 Å². The Morgan fingerprint density at radius 2 is 2.23 bits per heavy atom. The Hall–Kier alpha value is -1.03. The molecule has 0 saturated carbocycles. The molecule has 1 aliphatic heterocycles. The van der Waals surface area contributed by atoms with Crippen molar-refractivity contribution in [3.63, 3.8) is 0 Å². The molecule has 2 rings (SSSR count). The van der Waals surface area contributed by atoms with E-state index < -0.39 is 11.8 Å². The fourth-order valence-electron chi connectivity index (χ4n) is 1.60. The highest BCUT2D eigenvalue weighted by molar-refractivity contribution is 5.13. The molecule has 2 heterocycles. The summed E-state index contributed by atoms with van der Waals surface area (Å²) >= 11 is 0. The molecule has 1 aromatic heterocycles. The second-order valence-corrected chi connectivity index (χ2v) is 3.15. The second-order valence-electron chi connectivity index (χ2n) is 3.15. The van der Waals surface area contributed by atoms with Gasteiger partial charge in [0.25, 0.3) is 0 Å². The standard InChI is InChI=1S/C9H10F2N2/c10-6-3-4-8(11)13-9(6)7-2-1-5-12-7/h3-4,7,12H,1-2,5H2. The zero-order valence-electron chi connectivity index (χ0n) is 7.06. The summed E-state index contributed by atoms with van der Waals surface area (Å²) in [6.45, 7) is 0.850. The highest BCUT2D eigenvalue weighted by atomic mass is 19.1. The number of halogens is 2. The Morgan fingerprint density at radius 1 is 1.38 bits per heavy atom. The topological polar surface area (TPSA) is 24.9 Å². The summed E-state index contributed by atoms with van der Waals surface area (Å²) in [5, 5.41) is 3.07. The Labute approximate surface area is 75.0 Å². The Balaban J connectivity index is 2.32. The van der Waals surface area contributed by atoms with Gasteiger partial charge in [0.2, 0.25) is 5.95 Å². The van der Waals surface area contributed by atoms with Crippen LogP contribution in [0.3, 0.4) is 0 Å². The predicted molar refractivity (Wildman–Crippen MR) is 44.1 cm³/mol. The van der Waals surface area contributed by atoms with E-state index in [0.717, 1.165) is 31.5 Å². The minimum atomic E-state index is -0.620. The third-order valence-corrected chi connectivity index (χ3v) is 2.23. The molecule has 70 valence electrons. The second kappa shape index (κ2) is 3.38. The zero-order chi connectivity index (χ0) is 9.26. The quantitative estimate of drug-likeness (QED) is 0.673. The third kappa shape index (κ3) is 1.67. The molecule has 1 atom stereocenters. The predicted octanol–water partition coefficient (Wildman–Crippen LogP) is 1.78. The van der Waals surface area contributed by atoms with Crippen molar-refractivity contribution in [3.8, 4) is 0 Å². The molecule has 1 saturated heterocycles. The molecule has 4 heteroatoms. The molecule has 2 nitrogen and oxygen atoms in total. The molecule has 0 aromatic carbocycles. The Bertz CT molecular complexity index is 308. The minimum absolute atomic E-state index is 0.115. The smallest absolute Gasteiger partial charge is 0.213 e. The molecule has 1 N–H and O–H groups in total. The molecule has 0 radical (unpaired) electrons. The summed E-state index contributed by atoms with van der Waals surface area (Å²) in [6.07, 6.45) is 1.82. The fraction of sp³-hybridized carbons (Fsp3) is 0.444. The minimum Gasteiger partial charge on any atom is -0.309 e. The first-order chi connectivity index (χ1) is 6.27. The first kappa shape index (κ1) is 8.56. The maximum absolute atomic E-state index is 13.2. The van der Waals surface area contributed by atoms with Gasteiger partial charge in [-0.2, -0.15) is 4.39 Å². The molecule has 1 aliphatic rings. The lowest BCUT2D eigenvalue weighted by atomic mass is 10.1. The van der Waals surface area contributed by atoms with Gasteiger partial charge in [-0.15, -0.1) is 0 Å². The van der Waals surface area contributed by atoms with Gasteiger partial charge in [-0.3, -0.25) is 0 Å². The molecule has 1 fully saturated rings. The van der Waals surface area contributed by atoms with Gasteiger partial charge in [-0.05, 0) is 31.5 Å². The molecule has 13 heavy (non-hydrogen) atoms. The van der Waals surface area contributed by atoms with Gasteiger partial charge < -0.3 is 5.32 Å². The van der Waals surface area contributed by atoms with Gasteiger partial charge in [0.1, 0.15) is 5.82 Å². The van der Waals surface area contributed by atoms with Crippen LogP contribution >= 0.6 is 0 Å². The molecule has 1 aromatic rings. The van der Waals surface area contributed by atoms with E-state index in [-0.39, 0.29) is 11.7 Å². The van der Waals surface area contributed by atoms with Gasteiger partial charge >= 0.3 is 0 Å². The Kier molecular flexibility index (Phi) is 2.22. The van der Waals surface area contributed by atoms with E-state index in [9.17, 15) is 8.78 Å². The van der Waals surface area contributed by atoms with E-state index in [1.54, 1.807) is 0 Å². The highest BCUT2D eigenvalue weighted by Crippen LogP contribution is 2.23. The molecular weight excluding hydrogens is 174 g/mol. The number of hydrogen-bond donors (Lipinski definition) is 1. The van der Waals surface area contributed by atoms with Crippen LogP contribution in [0.1, 0.15) is 24.6 Å². The zero-order valence-corrected chi connectivity index (χ0v) is 7.06. The van der Waals surface area contributed by atoms with Crippen LogP contribution in [0.4, 0.5) is 8.78 Å². The third-order valence-electron chi connectivity index (χ3n) is 2.23. The van der Waals surface area contributed by atoms with Crippen molar-refractivity contribution in [2.24, 2.45) is 0 Å². The van der Waals surface area contributed by atoms with Gasteiger partial charge in [-0.25, -0.2) is 9.37 Å². The van der Waals surface area contributed by atoms with Crippen molar-refractivity contribution in [1.29, 1.82) is 0 Å². The van der Waals surface area contributed by atoms with E-state index in [0.29, 0.717) is 0 Å². The summed E-state index contributed by atoms with van der Waals surface area (Å²) in [6, 6.07) is 2.04. The van der Waals surface area contributed by atoms with Crippen LogP contribution in [0.2, 0.25) is 0 Å². The normalized spacial score (nSPS) is 22.2. The number of nitrogens with zero attached hydrogens (tertiary/aromatic N) is 1. The average Bonchev–Trinajstić information content (AvgIpc) is 2.61. The number of nitrogens with one attached hydrogen (secondary N) is 1. The molecule has 0 bridgehead atoms. The average molecular weight is 184 g/mol. The SMILES string of the molecule is Fc1ccc(F)c(C2CCCN2)n1. The van der Waals surface area contributed by atoms with Crippen molar-refractivity contribution in [2.75, 3.05) is 6.54 Å². The van der Waals surface area contributed by atoms with Crippen LogP contribution in [-0.4, -0.2) is 11.5 Å². The molecule has 0 spiro atoms. The highest BCUT2D eigenvalue weighted by Gasteiger charge is 2.21. The van der Waals surface area contributed by atoms with Gasteiger partial charge in [0, 0.05) is 0 Å². The van der Waals surface area contributed by atoms with Crippen LogP contribution in [-0.2, 0) is 0 Å². The lowest BCUT2D eigenvalue weighted by molar-refractivity contribution is 0.504. The Morgan fingerprint density at radius 3 is 2.92 bits per heavy atom. The number of hydrogen-bond acceptors (Lipinski definition) is 2. The van der Waals surface area contributed by atoms with E-state index in [1.165, 1.54) is 0 Å². The molecule has 0 amide bonds. The van der Waals surface area contributed by atoms with E-state index in [1.807, 2.05) is 0 Å². The van der Waals surface area contributed by atoms with Crippen molar-refractivity contribution in [1.82, 2.24) is 10.3 Å². The summed E-state index contributed by atoms with van der Waals surface area (Å²) in [4.78, 5) is 3.55. The van der Waals surface area contributed by atoms with E-state index in [4.69, 9.17) is 0 Å². The van der Waals surface area contributed by atoms with E-state index >= 15 is 0 Å². The number of pyridine rings is 1. The monoisotopic (exact) mass is 184 g/mol. The largest absolute Gasteiger partial charge is 0.309 e. The van der Waals surface area contributed by atoms with Crippen LogP contribution in [0.15, 0.2) is 12.1 Å². The first-order valence-electron chi connectivity index (χ1n) is 4.33. The van der Waals surface area contributed by atoms with Crippen LogP contribution < -0.4 is 5.32 Å². The van der Waals surface area contributed by atoms with Crippen molar-refractivity contribution < 1.29 is 8.78 Å². The first-order valence-corrected chi connectivity index (χ1v) is 4.33. The number of aromatic nitrogens is 1. The van der Waals surface area contributed by atoms with Gasteiger partial charge in [0.05, 0.1) is 11.7 Å². The van der Waals surface area contributed by atoms with E-state index in [2.05, 4.69) is 10.3 Å².